The molecule has 0 heterocycles. The fourth-order valence-electron chi connectivity index (χ4n) is 3.84. The zero-order valence-electron chi connectivity index (χ0n) is 24.6. The van der Waals surface area contributed by atoms with E-state index in [4.69, 9.17) is 5.11 Å². The van der Waals surface area contributed by atoms with Gasteiger partial charge in [0.05, 0.1) is 17.7 Å². The third-order valence-corrected chi connectivity index (χ3v) is 5.97. The lowest BCUT2D eigenvalue weighted by molar-refractivity contribution is -0.137. The molecule has 2 rings (SSSR count). The summed E-state index contributed by atoms with van der Waals surface area (Å²) in [6.45, 7) is 13.1. The van der Waals surface area contributed by atoms with Crippen LogP contribution < -0.4 is 0 Å². The zero-order chi connectivity index (χ0) is 30.7. The molecule has 2 N–H and O–H groups in total. The smallest absolute Gasteiger partial charge is 0.417 e. The second-order valence-corrected chi connectivity index (χ2v) is 9.70. The highest BCUT2D eigenvalue weighted by Gasteiger charge is 2.33. The molecule has 40 heavy (non-hydrogen) atoms. The predicted octanol–water partition coefficient (Wildman–Crippen LogP) is 9.48. The molecule has 0 saturated heterocycles. The van der Waals surface area contributed by atoms with E-state index in [1.165, 1.54) is 24.6 Å². The number of nitroso groups, excluding NO2 is 1. The number of nitrogens with zero attached hydrogens (tertiary/aromatic N) is 1. The minimum atomic E-state index is -4.64. The lowest BCUT2D eigenvalue weighted by Gasteiger charge is -2.13. The van der Waals surface area contributed by atoms with E-state index >= 15 is 0 Å². The van der Waals surface area contributed by atoms with E-state index in [9.17, 15) is 28.0 Å². The van der Waals surface area contributed by atoms with Crippen LogP contribution in [-0.4, -0.2) is 22.7 Å². The Kier molecular flexibility index (Phi) is 18.0. The van der Waals surface area contributed by atoms with Crippen molar-refractivity contribution in [1.29, 1.82) is 0 Å². The van der Waals surface area contributed by atoms with Gasteiger partial charge in [0.15, 0.2) is 0 Å². The Balaban J connectivity index is 0.000000916. The monoisotopic (exact) mass is 563 g/mol. The van der Waals surface area contributed by atoms with Gasteiger partial charge < -0.3 is 10.2 Å². The SMILES string of the molecule is CC.CCCC(CCC(C)C)CN=O.CCCCc1cc(C(=O)O)ccc1C#Cc1ccc(O)cc1C(F)(F)F. The summed E-state index contributed by atoms with van der Waals surface area (Å²) < 4.78 is 39.3. The third-order valence-electron chi connectivity index (χ3n) is 5.97. The van der Waals surface area contributed by atoms with Gasteiger partial charge in [-0.2, -0.15) is 18.1 Å². The van der Waals surface area contributed by atoms with Gasteiger partial charge >= 0.3 is 12.1 Å². The molecule has 0 aromatic heterocycles. The first-order valence-electron chi connectivity index (χ1n) is 14.0. The van der Waals surface area contributed by atoms with Gasteiger partial charge in [0.25, 0.3) is 0 Å². The number of aromatic carboxylic acids is 1. The summed E-state index contributed by atoms with van der Waals surface area (Å²) in [6, 6.07) is 7.28. The zero-order valence-corrected chi connectivity index (χ0v) is 24.6. The lowest BCUT2D eigenvalue weighted by atomic mass is 9.94. The van der Waals surface area contributed by atoms with Crippen LogP contribution in [0.2, 0.25) is 0 Å². The predicted molar refractivity (Wildman–Crippen MR) is 156 cm³/mol. The first-order valence-corrected chi connectivity index (χ1v) is 14.0. The summed E-state index contributed by atoms with van der Waals surface area (Å²) in [5.41, 5.74) is 0.0276. The molecule has 1 unspecified atom stereocenters. The maximum atomic E-state index is 13.1. The molecule has 2 aromatic rings. The quantitative estimate of drug-likeness (QED) is 0.211. The number of alkyl halides is 3. The van der Waals surface area contributed by atoms with E-state index in [0.717, 1.165) is 50.2 Å². The molecule has 2 aromatic carbocycles. The number of unbranched alkanes of at least 4 members (excludes halogenated alkanes) is 1. The fraction of sp³-hybridized carbons (Fsp3) is 0.531. The van der Waals surface area contributed by atoms with Crippen molar-refractivity contribution in [3.63, 3.8) is 0 Å². The van der Waals surface area contributed by atoms with Crippen molar-refractivity contribution in [2.45, 2.75) is 92.7 Å². The summed E-state index contributed by atoms with van der Waals surface area (Å²) in [5.74, 6) is 4.94. The maximum Gasteiger partial charge on any atom is 0.417 e. The van der Waals surface area contributed by atoms with Crippen molar-refractivity contribution in [1.82, 2.24) is 0 Å². The van der Waals surface area contributed by atoms with Gasteiger partial charge in [-0.25, -0.2) is 4.79 Å². The van der Waals surface area contributed by atoms with Crippen molar-refractivity contribution in [2.24, 2.45) is 17.0 Å². The fourth-order valence-corrected chi connectivity index (χ4v) is 3.84. The van der Waals surface area contributed by atoms with E-state index in [1.54, 1.807) is 0 Å². The molecule has 0 bridgehead atoms. The molecule has 0 amide bonds. The summed E-state index contributed by atoms with van der Waals surface area (Å²) >= 11 is 0. The number of hydrogen-bond acceptors (Lipinski definition) is 4. The number of hydrogen-bond donors (Lipinski definition) is 2. The van der Waals surface area contributed by atoms with E-state index in [-0.39, 0.29) is 11.1 Å². The molecule has 0 aliphatic heterocycles. The third kappa shape index (κ3) is 14.2. The number of rotatable bonds is 11. The first-order chi connectivity index (χ1) is 18.9. The standard InChI is InChI=1S/C20H17F3O3.C10H21NO.C2H6/c1-2-3-4-15-11-16(19(25)26)8-6-13(15)5-7-14-9-10-17(24)12-18(14)20(21,22)23;1-4-5-10(8-11-12)7-6-9(2)3;1-2/h6,8-12,24H,2-4H2,1H3,(H,25,26);9-10H,4-8H2,1-3H3;1-2H3. The highest BCUT2D eigenvalue weighted by atomic mass is 19.4. The van der Waals surface area contributed by atoms with Crippen LogP contribution in [0.4, 0.5) is 13.2 Å². The summed E-state index contributed by atoms with van der Waals surface area (Å²) in [5, 5.41) is 21.4. The Morgan fingerprint density at radius 3 is 2.10 bits per heavy atom. The summed E-state index contributed by atoms with van der Waals surface area (Å²) in [7, 11) is 0. The Hall–Kier alpha value is -3.34. The van der Waals surface area contributed by atoms with Crippen LogP contribution in [-0.2, 0) is 12.6 Å². The highest BCUT2D eigenvalue weighted by molar-refractivity contribution is 5.88. The molecule has 1 atom stereocenters. The van der Waals surface area contributed by atoms with Crippen LogP contribution in [0.1, 0.15) is 113 Å². The van der Waals surface area contributed by atoms with Gasteiger partial charge in [0.1, 0.15) is 5.75 Å². The van der Waals surface area contributed by atoms with Crippen molar-refractivity contribution < 1.29 is 28.2 Å². The highest BCUT2D eigenvalue weighted by Crippen LogP contribution is 2.34. The number of carbonyl (C=O) groups is 1. The number of halogens is 3. The minimum absolute atomic E-state index is 0.113. The van der Waals surface area contributed by atoms with Crippen molar-refractivity contribution >= 4 is 5.97 Å². The van der Waals surface area contributed by atoms with Gasteiger partial charge in [0, 0.05) is 11.1 Å². The average Bonchev–Trinajstić information content (AvgIpc) is 2.91. The van der Waals surface area contributed by atoms with Crippen LogP contribution in [0, 0.1) is 28.6 Å². The molecule has 0 saturated carbocycles. The number of aryl methyl sites for hydroxylation is 1. The Labute approximate surface area is 237 Å². The van der Waals surface area contributed by atoms with Gasteiger partial charge in [-0.05, 0) is 79.5 Å². The van der Waals surface area contributed by atoms with E-state index in [2.05, 4.69) is 37.8 Å². The molecule has 0 spiro atoms. The molecule has 0 aliphatic carbocycles. The molecule has 0 aliphatic rings. The van der Waals surface area contributed by atoms with Gasteiger partial charge in [-0.3, -0.25) is 0 Å². The number of carboxylic acid groups (broad SMARTS) is 1. The lowest BCUT2D eigenvalue weighted by Crippen LogP contribution is -2.07. The summed E-state index contributed by atoms with van der Waals surface area (Å²) in [6.07, 6.45) is 2.35. The number of phenolic OH excluding ortho intramolecular Hbond substituents is 1. The van der Waals surface area contributed by atoms with Crippen LogP contribution in [0.25, 0.3) is 0 Å². The van der Waals surface area contributed by atoms with E-state index < -0.39 is 23.5 Å². The molecular weight excluding hydrogens is 519 g/mol. The molecule has 0 radical (unpaired) electrons. The van der Waals surface area contributed by atoms with Crippen LogP contribution >= 0.6 is 0 Å². The van der Waals surface area contributed by atoms with E-state index in [0.29, 0.717) is 36.1 Å². The largest absolute Gasteiger partial charge is 0.508 e. The van der Waals surface area contributed by atoms with Crippen molar-refractivity contribution in [2.75, 3.05) is 6.54 Å². The Bertz CT molecular complexity index is 1100. The van der Waals surface area contributed by atoms with Gasteiger partial charge in [0.2, 0.25) is 0 Å². The Morgan fingerprint density at radius 2 is 1.57 bits per heavy atom. The normalized spacial score (nSPS) is 11.2. The van der Waals surface area contributed by atoms with Crippen molar-refractivity contribution in [3.05, 3.63) is 69.1 Å². The van der Waals surface area contributed by atoms with Gasteiger partial charge in [-0.1, -0.05) is 77.8 Å². The van der Waals surface area contributed by atoms with E-state index in [1.807, 2.05) is 20.8 Å². The van der Waals surface area contributed by atoms with Gasteiger partial charge in [-0.15, -0.1) is 0 Å². The average molecular weight is 564 g/mol. The molecule has 222 valence electrons. The van der Waals surface area contributed by atoms with Crippen molar-refractivity contribution in [3.8, 4) is 17.6 Å². The molecule has 8 heteroatoms. The Morgan fingerprint density at radius 1 is 0.950 bits per heavy atom. The van der Waals surface area contributed by atoms with Crippen LogP contribution in [0.5, 0.6) is 5.75 Å². The van der Waals surface area contributed by atoms with Crippen LogP contribution in [0.3, 0.4) is 0 Å². The molecule has 5 nitrogen and oxygen atoms in total. The van der Waals surface area contributed by atoms with Crippen LogP contribution in [0.15, 0.2) is 41.6 Å². The number of phenols is 1. The number of benzene rings is 2. The molecular formula is C32H44F3NO4. The minimum Gasteiger partial charge on any atom is -0.508 e. The number of aromatic hydroxyl groups is 1. The maximum absolute atomic E-state index is 13.1. The number of carboxylic acids is 1. The second kappa shape index (κ2) is 19.7. The first kappa shape index (κ1) is 36.7. The topological polar surface area (TPSA) is 87.0 Å². The second-order valence-electron chi connectivity index (χ2n) is 9.70. The molecule has 0 fully saturated rings. The summed E-state index contributed by atoms with van der Waals surface area (Å²) in [4.78, 5) is 21.2.